The number of hydrogen-bond donors (Lipinski definition) is 1. The highest BCUT2D eigenvalue weighted by Gasteiger charge is 2.29. The van der Waals surface area contributed by atoms with Gasteiger partial charge in [-0.3, -0.25) is 4.79 Å². The number of amides is 1. The fraction of sp³-hybridized carbons (Fsp3) is 0.727. The molecule has 1 aliphatic rings. The molecule has 94 valence electrons. The number of nitrogens with zero attached hydrogens (tertiary/aromatic N) is 3. The maximum Gasteiger partial charge on any atom is 0.223 e. The van der Waals surface area contributed by atoms with E-state index in [1.165, 1.54) is 11.5 Å². The Balaban J connectivity index is 2.00. The lowest BCUT2D eigenvalue weighted by Gasteiger charge is -2.15. The molecule has 6 heteroatoms. The van der Waals surface area contributed by atoms with E-state index in [0.29, 0.717) is 18.9 Å². The molecule has 1 aromatic rings. The van der Waals surface area contributed by atoms with E-state index in [0.717, 1.165) is 30.2 Å². The summed E-state index contributed by atoms with van der Waals surface area (Å²) in [4.78, 5) is 13.7. The summed E-state index contributed by atoms with van der Waals surface area (Å²) in [7, 11) is 0. The molecule has 2 heterocycles. The molecule has 1 fully saturated rings. The summed E-state index contributed by atoms with van der Waals surface area (Å²) < 4.78 is 3.94. The van der Waals surface area contributed by atoms with Gasteiger partial charge in [0.05, 0.1) is 6.54 Å². The van der Waals surface area contributed by atoms with Crippen molar-refractivity contribution < 1.29 is 4.79 Å². The molecular formula is C11H18N4OS. The lowest BCUT2D eigenvalue weighted by molar-refractivity contribution is -0.128. The standard InChI is InChI=1S/C11H18N4OS/c1-3-8-5-10(16)15(6-8)7-9-11(12-4-2)17-14-13-9/h8,12H,3-7H2,1-2H3. The van der Waals surface area contributed by atoms with E-state index in [1.807, 2.05) is 11.8 Å². The lowest BCUT2D eigenvalue weighted by Crippen LogP contribution is -2.25. The average molecular weight is 254 g/mol. The highest BCUT2D eigenvalue weighted by Crippen LogP contribution is 2.25. The van der Waals surface area contributed by atoms with Crippen molar-refractivity contribution in [3.8, 4) is 0 Å². The molecule has 0 radical (unpaired) electrons. The van der Waals surface area contributed by atoms with E-state index in [9.17, 15) is 4.79 Å². The predicted molar refractivity (Wildman–Crippen MR) is 67.9 cm³/mol. The van der Waals surface area contributed by atoms with Crippen LogP contribution in [0.5, 0.6) is 0 Å². The molecule has 0 aliphatic carbocycles. The fourth-order valence-corrected chi connectivity index (χ4v) is 2.71. The quantitative estimate of drug-likeness (QED) is 0.869. The van der Waals surface area contributed by atoms with E-state index in [2.05, 4.69) is 21.8 Å². The molecule has 1 amide bonds. The third-order valence-corrected chi connectivity index (χ3v) is 3.83. The highest BCUT2D eigenvalue weighted by molar-refractivity contribution is 7.10. The fourth-order valence-electron chi connectivity index (χ4n) is 2.07. The molecular weight excluding hydrogens is 236 g/mol. The second kappa shape index (κ2) is 5.44. The topological polar surface area (TPSA) is 58.1 Å². The zero-order valence-corrected chi connectivity index (χ0v) is 11.1. The zero-order valence-electron chi connectivity index (χ0n) is 10.3. The summed E-state index contributed by atoms with van der Waals surface area (Å²) in [6, 6.07) is 0. The Morgan fingerprint density at radius 1 is 1.53 bits per heavy atom. The van der Waals surface area contributed by atoms with Gasteiger partial charge in [-0.05, 0) is 12.8 Å². The first kappa shape index (κ1) is 12.3. The van der Waals surface area contributed by atoms with Gasteiger partial charge in [-0.2, -0.15) is 0 Å². The number of rotatable bonds is 5. The van der Waals surface area contributed by atoms with Crippen LogP contribution in [0.2, 0.25) is 0 Å². The Bertz CT molecular complexity index is 393. The van der Waals surface area contributed by atoms with Gasteiger partial charge in [0.1, 0.15) is 10.7 Å². The summed E-state index contributed by atoms with van der Waals surface area (Å²) in [6.45, 7) is 6.47. The Morgan fingerprint density at radius 2 is 2.35 bits per heavy atom. The van der Waals surface area contributed by atoms with Crippen LogP contribution < -0.4 is 5.32 Å². The SMILES string of the molecule is CCNc1snnc1CN1CC(CC)CC1=O. The number of likely N-dealkylation sites (tertiary alicyclic amines) is 1. The number of aromatic nitrogens is 2. The molecule has 1 saturated heterocycles. The second-order valence-corrected chi connectivity index (χ2v) is 5.09. The molecule has 1 atom stereocenters. The molecule has 2 rings (SSSR count). The van der Waals surface area contributed by atoms with Crippen LogP contribution in [0.3, 0.4) is 0 Å². The van der Waals surface area contributed by atoms with Crippen molar-refractivity contribution in [2.75, 3.05) is 18.4 Å². The molecule has 0 saturated carbocycles. The van der Waals surface area contributed by atoms with Crippen LogP contribution in [0.25, 0.3) is 0 Å². The summed E-state index contributed by atoms with van der Waals surface area (Å²) in [5.41, 5.74) is 0.891. The van der Waals surface area contributed by atoms with Gasteiger partial charge in [0.25, 0.3) is 0 Å². The van der Waals surface area contributed by atoms with Gasteiger partial charge in [-0.15, -0.1) is 5.10 Å². The summed E-state index contributed by atoms with van der Waals surface area (Å²) in [6.07, 6.45) is 1.75. The van der Waals surface area contributed by atoms with Crippen molar-refractivity contribution in [1.29, 1.82) is 0 Å². The minimum atomic E-state index is 0.243. The molecule has 1 aromatic heterocycles. The number of nitrogens with one attached hydrogen (secondary N) is 1. The van der Waals surface area contributed by atoms with Crippen molar-refractivity contribution in [1.82, 2.24) is 14.5 Å². The molecule has 17 heavy (non-hydrogen) atoms. The summed E-state index contributed by atoms with van der Waals surface area (Å²) in [5.74, 6) is 0.754. The van der Waals surface area contributed by atoms with E-state index in [-0.39, 0.29) is 5.91 Å². The number of carbonyl (C=O) groups excluding carboxylic acids is 1. The normalized spacial score (nSPS) is 20.0. The van der Waals surface area contributed by atoms with Crippen molar-refractivity contribution in [2.45, 2.75) is 33.2 Å². The second-order valence-electron chi connectivity index (χ2n) is 4.33. The van der Waals surface area contributed by atoms with Crippen LogP contribution in [0, 0.1) is 5.92 Å². The van der Waals surface area contributed by atoms with Crippen LogP contribution in [0.4, 0.5) is 5.00 Å². The largest absolute Gasteiger partial charge is 0.374 e. The van der Waals surface area contributed by atoms with E-state index < -0.39 is 0 Å². The van der Waals surface area contributed by atoms with E-state index in [1.54, 1.807) is 0 Å². The van der Waals surface area contributed by atoms with Gasteiger partial charge in [0, 0.05) is 31.0 Å². The third-order valence-electron chi connectivity index (χ3n) is 3.11. The number of hydrogen-bond acceptors (Lipinski definition) is 5. The van der Waals surface area contributed by atoms with Gasteiger partial charge in [0.15, 0.2) is 0 Å². The van der Waals surface area contributed by atoms with Crippen molar-refractivity contribution >= 4 is 22.4 Å². The Hall–Kier alpha value is -1.17. The smallest absolute Gasteiger partial charge is 0.223 e. The van der Waals surface area contributed by atoms with Crippen LogP contribution >= 0.6 is 11.5 Å². The van der Waals surface area contributed by atoms with Crippen LogP contribution in [0.15, 0.2) is 0 Å². The zero-order chi connectivity index (χ0) is 12.3. The minimum Gasteiger partial charge on any atom is -0.374 e. The molecule has 5 nitrogen and oxygen atoms in total. The van der Waals surface area contributed by atoms with E-state index in [4.69, 9.17) is 0 Å². The van der Waals surface area contributed by atoms with Crippen molar-refractivity contribution in [3.63, 3.8) is 0 Å². The minimum absolute atomic E-state index is 0.243. The first-order valence-corrected chi connectivity index (χ1v) is 6.84. The summed E-state index contributed by atoms with van der Waals surface area (Å²) in [5, 5.41) is 8.31. The molecule has 0 bridgehead atoms. The van der Waals surface area contributed by atoms with Crippen LogP contribution in [-0.2, 0) is 11.3 Å². The number of carbonyl (C=O) groups is 1. The van der Waals surface area contributed by atoms with Gasteiger partial charge in [-0.1, -0.05) is 17.8 Å². The van der Waals surface area contributed by atoms with Gasteiger partial charge in [-0.25, -0.2) is 0 Å². The van der Waals surface area contributed by atoms with Gasteiger partial charge < -0.3 is 10.2 Å². The monoisotopic (exact) mass is 254 g/mol. The average Bonchev–Trinajstić information content (AvgIpc) is 2.88. The molecule has 1 unspecified atom stereocenters. The molecule has 1 aliphatic heterocycles. The van der Waals surface area contributed by atoms with Gasteiger partial charge in [0.2, 0.25) is 5.91 Å². The van der Waals surface area contributed by atoms with Crippen LogP contribution in [0.1, 0.15) is 32.4 Å². The molecule has 1 N–H and O–H groups in total. The van der Waals surface area contributed by atoms with Crippen LogP contribution in [-0.4, -0.2) is 33.5 Å². The van der Waals surface area contributed by atoms with E-state index >= 15 is 0 Å². The Labute approximate surface area is 105 Å². The Morgan fingerprint density at radius 3 is 3.00 bits per heavy atom. The Kier molecular flexibility index (Phi) is 3.93. The van der Waals surface area contributed by atoms with Gasteiger partial charge >= 0.3 is 0 Å². The highest BCUT2D eigenvalue weighted by atomic mass is 32.1. The number of anilines is 1. The van der Waals surface area contributed by atoms with Crippen molar-refractivity contribution in [2.24, 2.45) is 5.92 Å². The summed E-state index contributed by atoms with van der Waals surface area (Å²) >= 11 is 1.36. The molecule has 0 aromatic carbocycles. The first-order valence-electron chi connectivity index (χ1n) is 6.07. The first-order chi connectivity index (χ1) is 8.24. The lowest BCUT2D eigenvalue weighted by atomic mass is 10.1. The maximum absolute atomic E-state index is 11.8. The van der Waals surface area contributed by atoms with Crippen molar-refractivity contribution in [3.05, 3.63) is 5.69 Å². The maximum atomic E-state index is 11.8. The third kappa shape index (κ3) is 2.74. The molecule has 0 spiro atoms. The predicted octanol–water partition coefficient (Wildman–Crippen LogP) is 1.73.